The SMILES string of the molecule is N=S1(=O)[CH]CC=C1. The summed E-state index contributed by atoms with van der Waals surface area (Å²) in [6.45, 7) is 0. The van der Waals surface area contributed by atoms with Crippen LogP contribution in [0.15, 0.2) is 11.5 Å². The first kappa shape index (κ1) is 4.84. The number of hydrogen-bond donors (Lipinski definition) is 1. The number of allylic oxidation sites excluding steroid dienone is 1. The molecule has 1 atom stereocenters. The Morgan fingerprint density at radius 3 is 2.57 bits per heavy atom. The summed E-state index contributed by atoms with van der Waals surface area (Å²) in [6.07, 6.45) is 2.44. The van der Waals surface area contributed by atoms with E-state index in [-0.39, 0.29) is 0 Å². The van der Waals surface area contributed by atoms with Gasteiger partial charge in [-0.15, -0.1) is 0 Å². The van der Waals surface area contributed by atoms with Gasteiger partial charge in [-0.25, -0.2) is 8.99 Å². The minimum atomic E-state index is -2.35. The van der Waals surface area contributed by atoms with Crippen LogP contribution in [-0.4, -0.2) is 4.21 Å². The van der Waals surface area contributed by atoms with Gasteiger partial charge in [-0.2, -0.15) is 0 Å². The standard InChI is InChI=1S/C4H6NOS/c5-7(6)3-1-2-4-7/h1,3-5H,2H2. The van der Waals surface area contributed by atoms with Gasteiger partial charge in [0.1, 0.15) is 0 Å². The van der Waals surface area contributed by atoms with Crippen molar-refractivity contribution < 1.29 is 4.21 Å². The van der Waals surface area contributed by atoms with Crippen LogP contribution in [0.2, 0.25) is 0 Å². The highest BCUT2D eigenvalue weighted by Crippen LogP contribution is 2.11. The molecule has 0 saturated carbocycles. The Morgan fingerprint density at radius 2 is 2.43 bits per heavy atom. The molecule has 3 heteroatoms. The molecule has 1 unspecified atom stereocenters. The molecule has 2 nitrogen and oxygen atoms in total. The molecule has 0 fully saturated rings. The van der Waals surface area contributed by atoms with Crippen molar-refractivity contribution in [2.45, 2.75) is 6.42 Å². The van der Waals surface area contributed by atoms with E-state index in [0.717, 1.165) is 0 Å². The second-order valence-corrected chi connectivity index (χ2v) is 3.32. The van der Waals surface area contributed by atoms with Crippen molar-refractivity contribution in [2.75, 3.05) is 0 Å². The van der Waals surface area contributed by atoms with Crippen molar-refractivity contribution in [2.24, 2.45) is 0 Å². The van der Waals surface area contributed by atoms with Crippen LogP contribution in [0.3, 0.4) is 0 Å². The lowest BCUT2D eigenvalue weighted by Crippen LogP contribution is -1.82. The maximum Gasteiger partial charge on any atom is 0.0698 e. The maximum absolute atomic E-state index is 10.5. The second-order valence-electron chi connectivity index (χ2n) is 1.42. The van der Waals surface area contributed by atoms with Gasteiger partial charge in [0.2, 0.25) is 0 Å². The molecule has 0 aromatic rings. The number of nitrogens with one attached hydrogen (secondary N) is 1. The van der Waals surface area contributed by atoms with Crippen LogP contribution in [0, 0.1) is 10.5 Å². The molecule has 0 saturated heterocycles. The third kappa shape index (κ3) is 1.03. The Kier molecular flexibility index (Phi) is 0.922. The molecule has 1 radical (unpaired) electrons. The van der Waals surface area contributed by atoms with Gasteiger partial charge < -0.3 is 0 Å². The lowest BCUT2D eigenvalue weighted by Gasteiger charge is -1.84. The van der Waals surface area contributed by atoms with E-state index in [1.807, 2.05) is 0 Å². The van der Waals surface area contributed by atoms with E-state index in [2.05, 4.69) is 0 Å². The third-order valence-corrected chi connectivity index (χ3v) is 2.06. The van der Waals surface area contributed by atoms with Gasteiger partial charge in [-0.1, -0.05) is 6.08 Å². The third-order valence-electron chi connectivity index (χ3n) is 0.778. The zero-order chi connectivity index (χ0) is 5.33. The van der Waals surface area contributed by atoms with Crippen molar-refractivity contribution in [1.82, 2.24) is 0 Å². The van der Waals surface area contributed by atoms with E-state index in [1.165, 1.54) is 11.2 Å². The zero-order valence-corrected chi connectivity index (χ0v) is 4.57. The smallest absolute Gasteiger partial charge is 0.0698 e. The van der Waals surface area contributed by atoms with Crippen molar-refractivity contribution in [1.29, 1.82) is 4.78 Å². The normalized spacial score (nSPS) is 39.4. The quantitative estimate of drug-likeness (QED) is 0.506. The van der Waals surface area contributed by atoms with E-state index in [4.69, 9.17) is 4.78 Å². The van der Waals surface area contributed by atoms with E-state index in [0.29, 0.717) is 6.42 Å². The molecule has 0 amide bonds. The predicted molar refractivity (Wildman–Crippen MR) is 28.9 cm³/mol. The Morgan fingerprint density at radius 1 is 1.71 bits per heavy atom. The molecule has 0 aromatic carbocycles. The summed E-state index contributed by atoms with van der Waals surface area (Å²) in [7, 11) is -2.35. The molecule has 39 valence electrons. The Labute approximate surface area is 43.2 Å². The minimum Gasteiger partial charge on any atom is -0.249 e. The van der Waals surface area contributed by atoms with Crippen molar-refractivity contribution >= 4 is 9.73 Å². The number of hydrogen-bond acceptors (Lipinski definition) is 2. The molecule has 0 spiro atoms. The van der Waals surface area contributed by atoms with Crippen LogP contribution < -0.4 is 0 Å². The van der Waals surface area contributed by atoms with Crippen LogP contribution >= 0.6 is 0 Å². The lowest BCUT2D eigenvalue weighted by atomic mass is 10.5. The van der Waals surface area contributed by atoms with Crippen molar-refractivity contribution in [3.8, 4) is 0 Å². The molecule has 1 heterocycles. The first-order valence-electron chi connectivity index (χ1n) is 1.99. The van der Waals surface area contributed by atoms with Crippen LogP contribution in [0.25, 0.3) is 0 Å². The monoisotopic (exact) mass is 116 g/mol. The summed E-state index contributed by atoms with van der Waals surface area (Å²) in [6, 6.07) is 0. The van der Waals surface area contributed by atoms with Gasteiger partial charge in [0.05, 0.1) is 15.5 Å². The Balaban J connectivity index is 2.99. The molecular formula is C4H6NOS. The van der Waals surface area contributed by atoms with Gasteiger partial charge in [-0.3, -0.25) is 0 Å². The molecule has 1 aliphatic heterocycles. The molecule has 0 aromatic heterocycles. The average molecular weight is 116 g/mol. The summed E-state index contributed by atoms with van der Waals surface area (Å²) >= 11 is 0. The van der Waals surface area contributed by atoms with Crippen LogP contribution in [0.1, 0.15) is 6.42 Å². The summed E-state index contributed by atoms with van der Waals surface area (Å²) in [4.78, 5) is 0. The largest absolute Gasteiger partial charge is 0.249 e. The number of rotatable bonds is 0. The zero-order valence-electron chi connectivity index (χ0n) is 3.76. The molecule has 1 aliphatic rings. The fourth-order valence-electron chi connectivity index (χ4n) is 0.453. The molecule has 0 bridgehead atoms. The van der Waals surface area contributed by atoms with E-state index in [9.17, 15) is 4.21 Å². The van der Waals surface area contributed by atoms with Gasteiger partial charge in [0.25, 0.3) is 0 Å². The Bertz CT molecular complexity index is 178. The summed E-state index contributed by atoms with van der Waals surface area (Å²) < 4.78 is 17.4. The minimum absolute atomic E-state index is 0.697. The first-order valence-corrected chi connectivity index (χ1v) is 3.68. The highest BCUT2D eigenvalue weighted by atomic mass is 32.2. The van der Waals surface area contributed by atoms with Crippen LogP contribution in [0.4, 0.5) is 0 Å². The Hall–Kier alpha value is -0.310. The van der Waals surface area contributed by atoms with Gasteiger partial charge in [-0.05, 0) is 6.42 Å². The molecule has 1 rings (SSSR count). The summed E-state index contributed by atoms with van der Waals surface area (Å²) in [5, 5.41) is 1.44. The highest BCUT2D eigenvalue weighted by molar-refractivity contribution is 7.97. The first-order chi connectivity index (χ1) is 3.21. The van der Waals surface area contributed by atoms with E-state index >= 15 is 0 Å². The lowest BCUT2D eigenvalue weighted by molar-refractivity contribution is 0.685. The maximum atomic E-state index is 10.5. The predicted octanol–water partition coefficient (Wildman–Crippen LogP) is 1.11. The van der Waals surface area contributed by atoms with E-state index < -0.39 is 9.73 Å². The molecular weight excluding hydrogens is 110 g/mol. The molecule has 1 N–H and O–H groups in total. The van der Waals surface area contributed by atoms with Gasteiger partial charge >= 0.3 is 0 Å². The summed E-state index contributed by atoms with van der Waals surface area (Å²) in [5.74, 6) is 1.51. The fourth-order valence-corrected chi connectivity index (χ4v) is 1.36. The topological polar surface area (TPSA) is 40.9 Å². The van der Waals surface area contributed by atoms with Gasteiger partial charge in [0, 0.05) is 5.41 Å². The van der Waals surface area contributed by atoms with Crippen molar-refractivity contribution in [3.63, 3.8) is 0 Å². The van der Waals surface area contributed by atoms with E-state index in [1.54, 1.807) is 6.08 Å². The van der Waals surface area contributed by atoms with Crippen LogP contribution in [-0.2, 0) is 9.73 Å². The average Bonchev–Trinajstić information content (AvgIpc) is 1.84. The fraction of sp³-hybridized carbons (Fsp3) is 0.250. The highest BCUT2D eigenvalue weighted by Gasteiger charge is 2.04. The second kappa shape index (κ2) is 1.33. The molecule has 7 heavy (non-hydrogen) atoms. The van der Waals surface area contributed by atoms with Crippen molar-refractivity contribution in [3.05, 3.63) is 17.2 Å². The molecule has 0 aliphatic carbocycles. The summed E-state index contributed by atoms with van der Waals surface area (Å²) in [5.41, 5.74) is 0. The van der Waals surface area contributed by atoms with Gasteiger partial charge in [0.15, 0.2) is 0 Å². The van der Waals surface area contributed by atoms with Crippen LogP contribution in [0.5, 0.6) is 0 Å².